The van der Waals surface area contributed by atoms with Gasteiger partial charge in [-0.1, -0.05) is 37.6 Å². The number of nitrogens with one attached hydrogen (secondary N) is 1. The normalized spacial score (nSPS) is 16.9. The fourth-order valence-electron chi connectivity index (χ4n) is 2.89. The molecule has 0 radical (unpaired) electrons. The maximum atomic E-state index is 5.27. The van der Waals surface area contributed by atoms with E-state index in [4.69, 9.17) is 4.42 Å². The van der Waals surface area contributed by atoms with Crippen LogP contribution in [0, 0.1) is 0 Å². The molecule has 3 rings (SSSR count). The summed E-state index contributed by atoms with van der Waals surface area (Å²) in [6.45, 7) is 3.22. The number of rotatable bonds is 6. The molecule has 1 unspecified atom stereocenters. The van der Waals surface area contributed by atoms with Gasteiger partial charge in [0.25, 0.3) is 0 Å². The van der Waals surface area contributed by atoms with Gasteiger partial charge in [0.1, 0.15) is 0 Å². The summed E-state index contributed by atoms with van der Waals surface area (Å²) in [5, 5.41) is 3.63. The van der Waals surface area contributed by atoms with Crippen LogP contribution in [0.25, 0.3) is 0 Å². The average molecular weight is 269 g/mol. The minimum atomic E-state index is 0.244. The van der Waals surface area contributed by atoms with Crippen molar-refractivity contribution in [1.82, 2.24) is 5.32 Å². The topological polar surface area (TPSA) is 25.2 Å². The third kappa shape index (κ3) is 2.80. The fourth-order valence-corrected chi connectivity index (χ4v) is 2.89. The molecule has 20 heavy (non-hydrogen) atoms. The first kappa shape index (κ1) is 13.4. The molecule has 0 amide bonds. The Labute approximate surface area is 121 Å². The van der Waals surface area contributed by atoms with Crippen molar-refractivity contribution < 1.29 is 4.42 Å². The van der Waals surface area contributed by atoms with Crippen LogP contribution in [0.1, 0.15) is 61.3 Å². The Balaban J connectivity index is 1.86. The maximum Gasteiger partial charge on any atom is 0.0953 e. The standard InChI is InChI=1S/C18H23NO/c1-2-10-19-18(17-9-11-20-13-17)16-8-4-7-15(12-16)14-5-3-6-14/h4,7-9,11-14,18-19H,2-3,5-6,10H2,1H3. The van der Waals surface area contributed by atoms with Gasteiger partial charge in [-0.05, 0) is 48.9 Å². The third-order valence-corrected chi connectivity index (χ3v) is 4.30. The van der Waals surface area contributed by atoms with Crippen molar-refractivity contribution in [3.05, 3.63) is 59.5 Å². The fraction of sp³-hybridized carbons (Fsp3) is 0.444. The quantitative estimate of drug-likeness (QED) is 0.826. The van der Waals surface area contributed by atoms with Gasteiger partial charge in [-0.3, -0.25) is 0 Å². The second-order valence-corrected chi connectivity index (χ2v) is 5.74. The predicted octanol–water partition coefficient (Wildman–Crippen LogP) is 4.64. The minimum absolute atomic E-state index is 0.244. The average Bonchev–Trinajstić information content (AvgIpc) is 2.92. The Morgan fingerprint density at radius 2 is 2.15 bits per heavy atom. The first-order valence-corrected chi connectivity index (χ1v) is 7.74. The van der Waals surface area contributed by atoms with E-state index in [2.05, 4.69) is 42.6 Å². The summed E-state index contributed by atoms with van der Waals surface area (Å²) in [6, 6.07) is 11.4. The Hall–Kier alpha value is -1.54. The molecule has 2 aromatic rings. The van der Waals surface area contributed by atoms with Crippen LogP contribution in [0.15, 0.2) is 47.3 Å². The van der Waals surface area contributed by atoms with E-state index in [-0.39, 0.29) is 6.04 Å². The molecule has 1 aromatic carbocycles. The van der Waals surface area contributed by atoms with Crippen LogP contribution >= 0.6 is 0 Å². The monoisotopic (exact) mass is 269 g/mol. The second kappa shape index (κ2) is 6.27. The molecular weight excluding hydrogens is 246 g/mol. The molecule has 1 aromatic heterocycles. The molecule has 1 aliphatic carbocycles. The summed E-state index contributed by atoms with van der Waals surface area (Å²) in [7, 11) is 0. The summed E-state index contributed by atoms with van der Waals surface area (Å²) in [4.78, 5) is 0. The number of hydrogen-bond acceptors (Lipinski definition) is 2. The number of benzene rings is 1. The van der Waals surface area contributed by atoms with Crippen molar-refractivity contribution in [3.63, 3.8) is 0 Å². The van der Waals surface area contributed by atoms with Crippen molar-refractivity contribution in [3.8, 4) is 0 Å². The first-order valence-electron chi connectivity index (χ1n) is 7.74. The summed E-state index contributed by atoms with van der Waals surface area (Å²) in [5.41, 5.74) is 4.06. The van der Waals surface area contributed by atoms with Crippen molar-refractivity contribution in [1.29, 1.82) is 0 Å². The summed E-state index contributed by atoms with van der Waals surface area (Å²) in [6.07, 6.45) is 8.82. The predicted molar refractivity (Wildman–Crippen MR) is 81.9 cm³/mol. The van der Waals surface area contributed by atoms with E-state index >= 15 is 0 Å². The Morgan fingerprint density at radius 3 is 2.80 bits per heavy atom. The summed E-state index contributed by atoms with van der Waals surface area (Å²) >= 11 is 0. The molecule has 0 saturated heterocycles. The van der Waals surface area contributed by atoms with Gasteiger partial charge < -0.3 is 9.73 Å². The van der Waals surface area contributed by atoms with Crippen LogP contribution in [0.2, 0.25) is 0 Å². The molecule has 0 bridgehead atoms. The van der Waals surface area contributed by atoms with Crippen LogP contribution in [-0.2, 0) is 0 Å². The Bertz CT molecular complexity index is 528. The zero-order valence-corrected chi connectivity index (χ0v) is 12.1. The molecule has 1 atom stereocenters. The summed E-state index contributed by atoms with van der Waals surface area (Å²) < 4.78 is 5.27. The van der Waals surface area contributed by atoms with Gasteiger partial charge in [0.2, 0.25) is 0 Å². The van der Waals surface area contributed by atoms with Crippen LogP contribution in [0.4, 0.5) is 0 Å². The molecule has 2 nitrogen and oxygen atoms in total. The van der Waals surface area contributed by atoms with E-state index in [0.29, 0.717) is 0 Å². The third-order valence-electron chi connectivity index (χ3n) is 4.30. The lowest BCUT2D eigenvalue weighted by Crippen LogP contribution is -2.23. The van der Waals surface area contributed by atoms with E-state index in [9.17, 15) is 0 Å². The van der Waals surface area contributed by atoms with E-state index < -0.39 is 0 Å². The maximum absolute atomic E-state index is 5.27. The van der Waals surface area contributed by atoms with Gasteiger partial charge in [-0.15, -0.1) is 0 Å². The van der Waals surface area contributed by atoms with Crippen molar-refractivity contribution in [2.45, 2.75) is 44.6 Å². The highest BCUT2D eigenvalue weighted by Gasteiger charge is 2.21. The van der Waals surface area contributed by atoms with E-state index in [1.54, 1.807) is 6.26 Å². The minimum Gasteiger partial charge on any atom is -0.472 e. The molecule has 0 spiro atoms. The summed E-state index contributed by atoms with van der Waals surface area (Å²) in [5.74, 6) is 0.783. The molecule has 0 aliphatic heterocycles. The van der Waals surface area contributed by atoms with Gasteiger partial charge in [0.05, 0.1) is 18.6 Å². The van der Waals surface area contributed by atoms with Gasteiger partial charge in [-0.2, -0.15) is 0 Å². The molecule has 1 fully saturated rings. The first-order chi connectivity index (χ1) is 9.88. The molecule has 1 saturated carbocycles. The van der Waals surface area contributed by atoms with Crippen molar-refractivity contribution >= 4 is 0 Å². The zero-order valence-electron chi connectivity index (χ0n) is 12.1. The van der Waals surface area contributed by atoms with Crippen LogP contribution < -0.4 is 5.32 Å². The van der Waals surface area contributed by atoms with E-state index in [1.165, 1.54) is 36.0 Å². The zero-order chi connectivity index (χ0) is 13.8. The van der Waals surface area contributed by atoms with Gasteiger partial charge in [-0.25, -0.2) is 0 Å². The molecule has 1 heterocycles. The highest BCUT2D eigenvalue weighted by molar-refractivity contribution is 5.34. The van der Waals surface area contributed by atoms with Crippen LogP contribution in [0.5, 0.6) is 0 Å². The Kier molecular flexibility index (Phi) is 4.22. The number of furan rings is 1. The van der Waals surface area contributed by atoms with Crippen molar-refractivity contribution in [2.75, 3.05) is 6.54 Å². The lowest BCUT2D eigenvalue weighted by molar-refractivity contribution is 0.419. The van der Waals surface area contributed by atoms with Gasteiger partial charge in [0.15, 0.2) is 0 Å². The molecule has 1 N–H and O–H groups in total. The van der Waals surface area contributed by atoms with Crippen LogP contribution in [0.3, 0.4) is 0 Å². The second-order valence-electron chi connectivity index (χ2n) is 5.74. The smallest absolute Gasteiger partial charge is 0.0953 e. The molecule has 1 aliphatic rings. The van der Waals surface area contributed by atoms with Crippen molar-refractivity contribution in [2.24, 2.45) is 0 Å². The molecular formula is C18H23NO. The van der Waals surface area contributed by atoms with E-state index in [1.807, 2.05) is 6.26 Å². The lowest BCUT2D eigenvalue weighted by Gasteiger charge is -2.27. The lowest BCUT2D eigenvalue weighted by atomic mass is 9.79. The molecule has 106 valence electrons. The Morgan fingerprint density at radius 1 is 1.25 bits per heavy atom. The van der Waals surface area contributed by atoms with E-state index in [0.717, 1.165) is 18.9 Å². The van der Waals surface area contributed by atoms with Crippen LogP contribution in [-0.4, -0.2) is 6.54 Å². The highest BCUT2D eigenvalue weighted by Crippen LogP contribution is 2.37. The highest BCUT2D eigenvalue weighted by atomic mass is 16.3. The van der Waals surface area contributed by atoms with Gasteiger partial charge >= 0.3 is 0 Å². The SMILES string of the molecule is CCCNC(c1ccoc1)c1cccc(C2CCC2)c1. The molecule has 2 heteroatoms. The largest absolute Gasteiger partial charge is 0.472 e. The van der Waals surface area contributed by atoms with Gasteiger partial charge in [0, 0.05) is 5.56 Å². The number of hydrogen-bond donors (Lipinski definition) is 1.